The zero-order valence-electron chi connectivity index (χ0n) is 6.04. The third-order valence-corrected chi connectivity index (χ3v) is 1.23. The van der Waals surface area contributed by atoms with Crippen molar-refractivity contribution in [2.75, 3.05) is 0 Å². The van der Waals surface area contributed by atoms with Gasteiger partial charge in [-0.05, 0) is 19.8 Å². The molecule has 0 amide bonds. The molecule has 0 bridgehead atoms. The molecular weight excluding hydrogens is 134 g/mol. The molecule has 4 heteroatoms. The molecule has 0 rings (SSSR count). The van der Waals surface area contributed by atoms with Crippen LogP contribution in [0.2, 0.25) is 0 Å². The summed E-state index contributed by atoms with van der Waals surface area (Å²) in [6, 6.07) is 0. The smallest absolute Gasteiger partial charge is 0.303 e. The molecular formula is C6H13NO3. The van der Waals surface area contributed by atoms with Crippen LogP contribution in [0.25, 0.3) is 0 Å². The quantitative estimate of drug-likeness (QED) is 0.556. The second-order valence-corrected chi connectivity index (χ2v) is 2.23. The van der Waals surface area contributed by atoms with Crippen molar-refractivity contribution < 1.29 is 14.7 Å². The third-order valence-electron chi connectivity index (χ3n) is 1.23. The van der Waals surface area contributed by atoms with E-state index < -0.39 is 5.97 Å². The van der Waals surface area contributed by atoms with Gasteiger partial charge in [0.05, 0.1) is 6.10 Å². The average molecular weight is 147 g/mol. The molecule has 60 valence electrons. The molecule has 0 aliphatic carbocycles. The van der Waals surface area contributed by atoms with Gasteiger partial charge in [0.2, 0.25) is 0 Å². The van der Waals surface area contributed by atoms with Crippen LogP contribution in [0.1, 0.15) is 26.2 Å². The minimum atomic E-state index is -0.774. The van der Waals surface area contributed by atoms with Gasteiger partial charge in [0, 0.05) is 6.42 Å². The molecule has 0 aromatic heterocycles. The van der Waals surface area contributed by atoms with Crippen molar-refractivity contribution in [3.63, 3.8) is 0 Å². The number of carboxylic acids is 1. The van der Waals surface area contributed by atoms with E-state index in [1.165, 1.54) is 0 Å². The van der Waals surface area contributed by atoms with Crippen molar-refractivity contribution in [1.82, 2.24) is 0 Å². The van der Waals surface area contributed by atoms with Crippen LogP contribution < -0.4 is 5.90 Å². The van der Waals surface area contributed by atoms with Gasteiger partial charge in [0.25, 0.3) is 0 Å². The van der Waals surface area contributed by atoms with Crippen LogP contribution in [-0.2, 0) is 9.63 Å². The van der Waals surface area contributed by atoms with E-state index in [0.29, 0.717) is 12.8 Å². The summed E-state index contributed by atoms with van der Waals surface area (Å²) in [6.07, 6.45) is 1.46. The van der Waals surface area contributed by atoms with Crippen LogP contribution >= 0.6 is 0 Å². The van der Waals surface area contributed by atoms with Crippen molar-refractivity contribution in [2.24, 2.45) is 5.90 Å². The highest BCUT2D eigenvalue weighted by molar-refractivity contribution is 5.66. The van der Waals surface area contributed by atoms with Crippen molar-refractivity contribution in [1.29, 1.82) is 0 Å². The summed E-state index contributed by atoms with van der Waals surface area (Å²) in [6.45, 7) is 1.81. The standard InChI is InChI=1S/C6H13NO3/c1-5(10-7)3-2-4-6(8)9/h5H,2-4,7H2,1H3,(H,8,9). The summed E-state index contributed by atoms with van der Waals surface area (Å²) in [4.78, 5) is 14.4. The second kappa shape index (κ2) is 5.20. The molecule has 0 heterocycles. The Balaban J connectivity index is 3.11. The maximum Gasteiger partial charge on any atom is 0.303 e. The molecule has 0 aliphatic rings. The largest absolute Gasteiger partial charge is 0.481 e. The monoisotopic (exact) mass is 147 g/mol. The van der Waals surface area contributed by atoms with Gasteiger partial charge in [-0.15, -0.1) is 0 Å². The van der Waals surface area contributed by atoms with E-state index in [-0.39, 0.29) is 12.5 Å². The molecule has 1 unspecified atom stereocenters. The van der Waals surface area contributed by atoms with E-state index in [1.807, 2.05) is 6.92 Å². The molecule has 3 N–H and O–H groups in total. The molecule has 0 saturated carbocycles. The maximum atomic E-state index is 10.00. The van der Waals surface area contributed by atoms with Gasteiger partial charge in [-0.25, -0.2) is 5.90 Å². The van der Waals surface area contributed by atoms with Gasteiger partial charge in [-0.3, -0.25) is 4.79 Å². The Kier molecular flexibility index (Phi) is 4.88. The molecule has 0 aliphatic heterocycles. The maximum absolute atomic E-state index is 10.00. The zero-order chi connectivity index (χ0) is 7.98. The van der Waals surface area contributed by atoms with Crippen molar-refractivity contribution in [2.45, 2.75) is 32.3 Å². The van der Waals surface area contributed by atoms with Gasteiger partial charge in [0.1, 0.15) is 0 Å². The van der Waals surface area contributed by atoms with Crippen LogP contribution in [0.15, 0.2) is 0 Å². The van der Waals surface area contributed by atoms with E-state index in [9.17, 15) is 4.79 Å². The molecule has 10 heavy (non-hydrogen) atoms. The van der Waals surface area contributed by atoms with Gasteiger partial charge in [-0.1, -0.05) is 0 Å². The van der Waals surface area contributed by atoms with E-state index in [0.717, 1.165) is 0 Å². The lowest BCUT2D eigenvalue weighted by molar-refractivity contribution is -0.137. The van der Waals surface area contributed by atoms with Crippen LogP contribution in [0.5, 0.6) is 0 Å². The predicted octanol–water partition coefficient (Wildman–Crippen LogP) is 0.520. The second-order valence-electron chi connectivity index (χ2n) is 2.23. The Labute approximate surface area is 59.9 Å². The third kappa shape index (κ3) is 5.53. The average Bonchev–Trinajstić information content (AvgIpc) is 1.87. The van der Waals surface area contributed by atoms with Gasteiger partial charge in [-0.2, -0.15) is 0 Å². The van der Waals surface area contributed by atoms with E-state index in [1.54, 1.807) is 0 Å². The van der Waals surface area contributed by atoms with Crippen molar-refractivity contribution in [3.8, 4) is 0 Å². The minimum Gasteiger partial charge on any atom is -0.481 e. The van der Waals surface area contributed by atoms with E-state index >= 15 is 0 Å². The van der Waals surface area contributed by atoms with Crippen LogP contribution in [0.3, 0.4) is 0 Å². The minimum absolute atomic E-state index is 0.0423. The highest BCUT2D eigenvalue weighted by Crippen LogP contribution is 2.01. The van der Waals surface area contributed by atoms with Gasteiger partial charge in [0.15, 0.2) is 0 Å². The van der Waals surface area contributed by atoms with Crippen molar-refractivity contribution >= 4 is 5.97 Å². The normalized spacial score (nSPS) is 13.0. The van der Waals surface area contributed by atoms with Gasteiger partial charge >= 0.3 is 5.97 Å². The SMILES string of the molecule is CC(CCCC(=O)O)ON. The first-order valence-electron chi connectivity index (χ1n) is 3.24. The molecule has 0 saturated heterocycles. The summed E-state index contributed by atoms with van der Waals surface area (Å²) in [5, 5.41) is 8.23. The molecule has 4 nitrogen and oxygen atoms in total. The molecule has 0 aromatic carbocycles. The Morgan fingerprint density at radius 2 is 2.40 bits per heavy atom. The molecule has 1 atom stereocenters. The first-order chi connectivity index (χ1) is 4.66. The first-order valence-corrected chi connectivity index (χ1v) is 3.24. The number of nitrogens with two attached hydrogens (primary N) is 1. The topological polar surface area (TPSA) is 72.5 Å². The summed E-state index contributed by atoms with van der Waals surface area (Å²) in [7, 11) is 0. The van der Waals surface area contributed by atoms with E-state index in [4.69, 9.17) is 11.0 Å². The molecule has 0 radical (unpaired) electrons. The predicted molar refractivity (Wildman–Crippen MR) is 36.2 cm³/mol. The molecule has 0 spiro atoms. The fourth-order valence-corrected chi connectivity index (χ4v) is 0.609. The Morgan fingerprint density at radius 3 is 2.80 bits per heavy atom. The summed E-state index contributed by atoms with van der Waals surface area (Å²) < 4.78 is 0. The van der Waals surface area contributed by atoms with Crippen LogP contribution in [-0.4, -0.2) is 17.2 Å². The lowest BCUT2D eigenvalue weighted by Crippen LogP contribution is -2.13. The highest BCUT2D eigenvalue weighted by Gasteiger charge is 2.01. The number of carboxylic acid groups (broad SMARTS) is 1. The Bertz CT molecular complexity index is 105. The van der Waals surface area contributed by atoms with Crippen LogP contribution in [0.4, 0.5) is 0 Å². The lowest BCUT2D eigenvalue weighted by Gasteiger charge is -2.05. The van der Waals surface area contributed by atoms with Crippen molar-refractivity contribution in [3.05, 3.63) is 0 Å². The number of aliphatic carboxylic acids is 1. The fourth-order valence-electron chi connectivity index (χ4n) is 0.609. The number of rotatable bonds is 5. The lowest BCUT2D eigenvalue weighted by atomic mass is 10.2. The number of carbonyl (C=O) groups is 1. The Hall–Kier alpha value is -0.610. The first kappa shape index (κ1) is 9.39. The Morgan fingerprint density at radius 1 is 1.80 bits per heavy atom. The van der Waals surface area contributed by atoms with Gasteiger partial charge < -0.3 is 9.94 Å². The highest BCUT2D eigenvalue weighted by atomic mass is 16.6. The molecule has 0 fully saturated rings. The molecule has 0 aromatic rings. The summed E-state index contributed by atoms with van der Waals surface area (Å²) in [5.74, 6) is 4.07. The van der Waals surface area contributed by atoms with Crippen LogP contribution in [0, 0.1) is 0 Å². The van der Waals surface area contributed by atoms with E-state index in [2.05, 4.69) is 4.84 Å². The fraction of sp³-hybridized carbons (Fsp3) is 0.833. The zero-order valence-corrected chi connectivity index (χ0v) is 6.04. The number of hydrogen-bond donors (Lipinski definition) is 2. The summed E-state index contributed by atoms with van der Waals surface area (Å²) >= 11 is 0. The summed E-state index contributed by atoms with van der Waals surface area (Å²) in [5.41, 5.74) is 0. The number of hydrogen-bond acceptors (Lipinski definition) is 3.